The van der Waals surface area contributed by atoms with Crippen molar-refractivity contribution in [1.29, 1.82) is 0 Å². The van der Waals surface area contributed by atoms with Crippen LogP contribution in [-0.4, -0.2) is 55.3 Å². The van der Waals surface area contributed by atoms with Gasteiger partial charge in [-0.2, -0.15) is 87.4 Å². The minimum absolute atomic E-state index is 1.28. The molecule has 0 spiro atoms. The van der Waals surface area contributed by atoms with Gasteiger partial charge in [-0.15, -0.1) is 0 Å². The highest BCUT2D eigenvalue weighted by atomic mass is 32.2. The lowest BCUT2D eigenvalue weighted by molar-refractivity contribution is -0.309. The molecule has 0 radical (unpaired) electrons. The molecule has 0 saturated heterocycles. The summed E-state index contributed by atoms with van der Waals surface area (Å²) in [7, 11) is -6.88. The van der Waals surface area contributed by atoms with Gasteiger partial charge in [0.05, 0.1) is 5.25 Å². The van der Waals surface area contributed by atoms with Crippen molar-refractivity contribution in [2.24, 2.45) is 29.6 Å². The van der Waals surface area contributed by atoms with E-state index in [4.69, 9.17) is 4.55 Å². The third kappa shape index (κ3) is 7.71. The van der Waals surface area contributed by atoms with Crippen LogP contribution in [0.5, 0.6) is 0 Å². The van der Waals surface area contributed by atoms with Gasteiger partial charge in [-0.25, -0.2) is 0 Å². The first-order chi connectivity index (χ1) is 15.8. The molecule has 3 nitrogen and oxygen atoms in total. The fourth-order valence-corrected chi connectivity index (χ4v) is 5.54. The first kappa shape index (κ1) is 33.4. The van der Waals surface area contributed by atoms with Crippen LogP contribution in [0.15, 0.2) is 11.6 Å². The van der Waals surface area contributed by atoms with E-state index < -0.39 is 100 Å². The molecule has 3 atom stereocenters. The first-order valence-electron chi connectivity index (χ1n) is 8.89. The van der Waals surface area contributed by atoms with E-state index in [9.17, 15) is 87.4 Å². The van der Waals surface area contributed by atoms with Crippen molar-refractivity contribution in [2.45, 2.75) is 48.7 Å². The summed E-state index contributed by atoms with van der Waals surface area (Å²) in [4.78, 5) is 0. The zero-order valence-electron chi connectivity index (χ0n) is 16.7. The second kappa shape index (κ2) is 9.54. The van der Waals surface area contributed by atoms with Gasteiger partial charge in [0.25, 0.3) is 10.1 Å². The molecule has 220 valence electrons. The van der Waals surface area contributed by atoms with Gasteiger partial charge in [0.2, 0.25) is 0 Å². The molecule has 0 amide bonds. The molecule has 1 aliphatic rings. The van der Waals surface area contributed by atoms with Crippen molar-refractivity contribution in [3.8, 4) is 0 Å². The fourth-order valence-electron chi connectivity index (χ4n) is 4.21. The zero-order chi connectivity index (χ0) is 30.0. The highest BCUT2D eigenvalue weighted by Crippen LogP contribution is 2.58. The predicted molar refractivity (Wildman–Crippen MR) is 81.8 cm³/mol. The van der Waals surface area contributed by atoms with Crippen molar-refractivity contribution < 1.29 is 92.0 Å². The summed E-state index contributed by atoms with van der Waals surface area (Å²) < 4.78 is 270. The van der Waals surface area contributed by atoms with E-state index in [-0.39, 0.29) is 0 Å². The first-order valence-corrected chi connectivity index (χ1v) is 10.4. The molecule has 22 heteroatoms. The Bertz CT molecular complexity index is 904. The van der Waals surface area contributed by atoms with Crippen LogP contribution in [0.4, 0.5) is 79.0 Å². The number of alkyl halides is 18. The van der Waals surface area contributed by atoms with Crippen LogP contribution in [0.2, 0.25) is 0 Å². The van der Waals surface area contributed by atoms with Gasteiger partial charge in [0.15, 0.2) is 17.8 Å². The van der Waals surface area contributed by atoms with Gasteiger partial charge in [-0.3, -0.25) is 4.55 Å². The number of halogens is 18. The largest absolute Gasteiger partial charge is 0.404 e. The standard InChI is InChI=1S/C15H10F18O3S/c16-10(17,18)7(11(19,20)21)3-1-4(8(12(22,23)24)13(25,26)27)6(37(34,35)36)5(2-3)9(14(28,29)30)15(31,32)33/h1,4-9H,2H2,(H,34,35,36). The van der Waals surface area contributed by atoms with Crippen molar-refractivity contribution in [1.82, 2.24) is 0 Å². The molecule has 0 saturated carbocycles. The van der Waals surface area contributed by atoms with Crippen molar-refractivity contribution in [3.63, 3.8) is 0 Å². The van der Waals surface area contributed by atoms with Crippen LogP contribution in [0.1, 0.15) is 6.42 Å². The molecule has 0 heterocycles. The fraction of sp³-hybridized carbons (Fsp3) is 0.867. The predicted octanol–water partition coefficient (Wildman–Crippen LogP) is 7.03. The average molecular weight is 612 g/mol. The van der Waals surface area contributed by atoms with Crippen LogP contribution >= 0.6 is 0 Å². The van der Waals surface area contributed by atoms with Gasteiger partial charge < -0.3 is 0 Å². The molecule has 0 aromatic rings. The number of hydrogen-bond donors (Lipinski definition) is 1. The Kier molecular flexibility index (Phi) is 8.62. The van der Waals surface area contributed by atoms with E-state index in [1.165, 1.54) is 0 Å². The molecule has 0 aromatic carbocycles. The molecule has 0 aromatic heterocycles. The molecule has 0 fully saturated rings. The van der Waals surface area contributed by atoms with Gasteiger partial charge in [0, 0.05) is 11.8 Å². The van der Waals surface area contributed by atoms with E-state index in [0.29, 0.717) is 0 Å². The van der Waals surface area contributed by atoms with E-state index in [0.717, 1.165) is 0 Å². The number of allylic oxidation sites excluding steroid dienone is 2. The Hall–Kier alpha value is -1.61. The third-order valence-electron chi connectivity index (χ3n) is 5.27. The van der Waals surface area contributed by atoms with Crippen LogP contribution in [0.25, 0.3) is 0 Å². The van der Waals surface area contributed by atoms with E-state index in [1.54, 1.807) is 0 Å². The zero-order valence-corrected chi connectivity index (χ0v) is 17.5. The topological polar surface area (TPSA) is 54.4 Å². The molecule has 0 aliphatic heterocycles. The normalized spacial score (nSPS) is 23.7. The van der Waals surface area contributed by atoms with Gasteiger partial charge in [-0.05, 0) is 6.42 Å². The third-order valence-corrected chi connectivity index (χ3v) is 6.62. The molecule has 37 heavy (non-hydrogen) atoms. The Morgan fingerprint density at radius 2 is 0.946 bits per heavy atom. The highest BCUT2D eigenvalue weighted by Gasteiger charge is 2.70. The summed E-state index contributed by atoms with van der Waals surface area (Å²) >= 11 is 0. The lowest BCUT2D eigenvalue weighted by atomic mass is 9.68. The highest BCUT2D eigenvalue weighted by molar-refractivity contribution is 7.86. The summed E-state index contributed by atoms with van der Waals surface area (Å²) in [6, 6.07) is 0. The molecule has 1 N–H and O–H groups in total. The second-order valence-electron chi connectivity index (χ2n) is 7.80. The summed E-state index contributed by atoms with van der Waals surface area (Å²) in [5.74, 6) is -24.9. The smallest absolute Gasteiger partial charge is 0.285 e. The Labute approximate surface area is 193 Å². The maximum Gasteiger partial charge on any atom is 0.404 e. The molecule has 1 rings (SSSR count). The minimum atomic E-state index is -6.90. The minimum Gasteiger partial charge on any atom is -0.285 e. The molecule has 0 bridgehead atoms. The summed E-state index contributed by atoms with van der Waals surface area (Å²) in [5, 5.41) is -4.44. The second-order valence-corrected chi connectivity index (χ2v) is 9.38. The molecule has 1 aliphatic carbocycles. The van der Waals surface area contributed by atoms with Crippen LogP contribution < -0.4 is 0 Å². The maximum atomic E-state index is 13.2. The van der Waals surface area contributed by atoms with Crippen LogP contribution in [0, 0.1) is 29.6 Å². The Morgan fingerprint density at radius 3 is 1.19 bits per heavy atom. The molecular formula is C15H10F18O3S. The summed E-state index contributed by atoms with van der Waals surface area (Å²) in [6.45, 7) is 0. The Morgan fingerprint density at radius 1 is 0.622 bits per heavy atom. The van der Waals surface area contributed by atoms with Crippen molar-refractivity contribution >= 4 is 10.1 Å². The SMILES string of the molecule is O=S(=O)(O)C1C(C(C(F)(F)F)C(F)(F)F)C=C(C(C(F)(F)F)C(F)(F)F)CC1C(C(F)(F)F)C(F)(F)F. The van der Waals surface area contributed by atoms with E-state index >= 15 is 0 Å². The molecular weight excluding hydrogens is 602 g/mol. The van der Waals surface area contributed by atoms with Gasteiger partial charge in [-0.1, -0.05) is 11.6 Å². The monoisotopic (exact) mass is 612 g/mol. The van der Waals surface area contributed by atoms with Crippen molar-refractivity contribution in [2.75, 3.05) is 0 Å². The van der Waals surface area contributed by atoms with Crippen molar-refractivity contribution in [3.05, 3.63) is 11.6 Å². The van der Waals surface area contributed by atoms with Gasteiger partial charge in [0.1, 0.15) is 0 Å². The molecule has 3 unspecified atom stereocenters. The lowest BCUT2D eigenvalue weighted by Gasteiger charge is -2.44. The summed E-state index contributed by atoms with van der Waals surface area (Å²) in [6.07, 6.45) is -45.2. The number of rotatable bonds is 4. The summed E-state index contributed by atoms with van der Waals surface area (Å²) in [5.41, 5.74) is -2.87. The average Bonchev–Trinajstić information content (AvgIpc) is 2.43. The Balaban J connectivity index is 4.29. The van der Waals surface area contributed by atoms with E-state index in [2.05, 4.69) is 0 Å². The van der Waals surface area contributed by atoms with Gasteiger partial charge >= 0.3 is 37.1 Å². The van der Waals surface area contributed by atoms with Crippen LogP contribution in [0.3, 0.4) is 0 Å². The lowest BCUT2D eigenvalue weighted by Crippen LogP contribution is -2.57. The maximum absolute atomic E-state index is 13.2. The number of hydrogen-bond acceptors (Lipinski definition) is 2. The quantitative estimate of drug-likeness (QED) is 0.211. The van der Waals surface area contributed by atoms with E-state index in [1.807, 2.05) is 0 Å². The van der Waals surface area contributed by atoms with Crippen LogP contribution in [-0.2, 0) is 10.1 Å².